The van der Waals surface area contributed by atoms with Crippen LogP contribution in [0.4, 0.5) is 8.78 Å². The predicted octanol–water partition coefficient (Wildman–Crippen LogP) is 3.24. The van der Waals surface area contributed by atoms with E-state index in [1.807, 2.05) is 4.90 Å². The van der Waals surface area contributed by atoms with Crippen LogP contribution in [0.2, 0.25) is 0 Å². The maximum Gasteiger partial charge on any atom is 0.264 e. The van der Waals surface area contributed by atoms with Crippen LogP contribution in [0.3, 0.4) is 0 Å². The van der Waals surface area contributed by atoms with E-state index in [1.165, 1.54) is 23.4 Å². The average molecular weight is 415 g/mol. The number of carbonyl (C=O) groups excluding carboxylic acids is 1. The minimum absolute atomic E-state index is 0.0195. The van der Waals surface area contributed by atoms with Gasteiger partial charge in [0.1, 0.15) is 12.2 Å². The number of hydrogen-bond acceptors (Lipinski definition) is 5. The highest BCUT2D eigenvalue weighted by Crippen LogP contribution is 2.33. The van der Waals surface area contributed by atoms with Crippen LogP contribution in [-0.2, 0) is 11.3 Å². The van der Waals surface area contributed by atoms with Crippen molar-refractivity contribution in [1.29, 1.82) is 0 Å². The minimum Gasteiger partial charge on any atom is -0.463 e. The Morgan fingerprint density at radius 2 is 2.20 bits per heavy atom. The van der Waals surface area contributed by atoms with Crippen LogP contribution < -0.4 is 0 Å². The van der Waals surface area contributed by atoms with E-state index in [9.17, 15) is 13.6 Å². The second-order valence-corrected chi connectivity index (χ2v) is 7.99. The molecule has 0 spiro atoms. The van der Waals surface area contributed by atoms with Crippen molar-refractivity contribution in [2.45, 2.75) is 38.8 Å². The lowest BCUT2D eigenvalue weighted by molar-refractivity contribution is -0.134. The van der Waals surface area contributed by atoms with Crippen LogP contribution in [-0.4, -0.2) is 62.7 Å². The molecule has 9 heteroatoms. The summed E-state index contributed by atoms with van der Waals surface area (Å²) in [6, 6.07) is 5.11. The van der Waals surface area contributed by atoms with Gasteiger partial charge in [0.15, 0.2) is 11.4 Å². The largest absolute Gasteiger partial charge is 0.463 e. The van der Waals surface area contributed by atoms with Crippen LogP contribution in [0.1, 0.15) is 30.5 Å². The molecule has 1 atom stereocenters. The number of alkyl halides is 2. The maximum absolute atomic E-state index is 13.8. The number of aryl methyl sites for hydroxylation is 1. The summed E-state index contributed by atoms with van der Waals surface area (Å²) < 4.78 is 34.4. The van der Waals surface area contributed by atoms with Crippen molar-refractivity contribution >= 4 is 16.9 Å². The van der Waals surface area contributed by atoms with Gasteiger partial charge in [-0.2, -0.15) is 5.10 Å². The normalized spacial score (nSPS) is 19.7. The summed E-state index contributed by atoms with van der Waals surface area (Å²) in [6.07, 6.45) is 1.06. The van der Waals surface area contributed by atoms with Gasteiger partial charge < -0.3 is 9.32 Å². The Kier molecular flexibility index (Phi) is 4.77. The van der Waals surface area contributed by atoms with Crippen molar-refractivity contribution in [2.75, 3.05) is 26.2 Å². The number of aromatic nitrogens is 3. The average Bonchev–Trinajstić information content (AvgIpc) is 3.47. The smallest absolute Gasteiger partial charge is 0.264 e. The molecule has 2 aliphatic heterocycles. The molecule has 0 aliphatic carbocycles. The Balaban J connectivity index is 1.49. The molecule has 7 nitrogen and oxygen atoms in total. The monoisotopic (exact) mass is 415 g/mol. The number of amides is 1. The first-order valence-corrected chi connectivity index (χ1v) is 10.2. The zero-order chi connectivity index (χ0) is 20.8. The second-order valence-electron chi connectivity index (χ2n) is 7.99. The summed E-state index contributed by atoms with van der Waals surface area (Å²) in [4.78, 5) is 21.8. The number of nitrogens with zero attached hydrogens (tertiary/aromatic N) is 5. The minimum atomic E-state index is -2.69. The van der Waals surface area contributed by atoms with Gasteiger partial charge in [0.05, 0.1) is 17.3 Å². The van der Waals surface area contributed by atoms with E-state index in [-0.39, 0.29) is 23.7 Å². The fourth-order valence-electron chi connectivity index (χ4n) is 4.67. The quantitative estimate of drug-likeness (QED) is 0.655. The number of piperazine rings is 1. The second kappa shape index (κ2) is 7.46. The van der Waals surface area contributed by atoms with Crippen molar-refractivity contribution in [3.05, 3.63) is 35.7 Å². The van der Waals surface area contributed by atoms with Crippen molar-refractivity contribution in [2.24, 2.45) is 0 Å². The molecule has 3 aromatic rings. The molecule has 2 aliphatic rings. The van der Waals surface area contributed by atoms with E-state index < -0.39 is 6.43 Å². The molecule has 0 bridgehead atoms. The zero-order valence-electron chi connectivity index (χ0n) is 16.7. The molecule has 5 heterocycles. The van der Waals surface area contributed by atoms with E-state index in [0.29, 0.717) is 41.7 Å². The molecule has 0 N–H and O–H groups in total. The predicted molar refractivity (Wildman–Crippen MR) is 106 cm³/mol. The molecule has 1 unspecified atom stereocenters. The molecule has 0 saturated carbocycles. The number of halogens is 2. The molecular formula is C21H23F2N5O2. The molecule has 1 amide bonds. The van der Waals surface area contributed by atoms with Crippen LogP contribution in [0, 0.1) is 6.92 Å². The summed E-state index contributed by atoms with van der Waals surface area (Å²) in [5.74, 6) is 0.336. The third-order valence-electron chi connectivity index (χ3n) is 6.14. The lowest BCUT2D eigenvalue weighted by Crippen LogP contribution is -2.52. The summed E-state index contributed by atoms with van der Waals surface area (Å²) in [7, 11) is 0. The van der Waals surface area contributed by atoms with Gasteiger partial charge in [0.25, 0.3) is 6.43 Å². The lowest BCUT2D eigenvalue weighted by Gasteiger charge is -2.37. The van der Waals surface area contributed by atoms with Crippen LogP contribution in [0.5, 0.6) is 0 Å². The summed E-state index contributed by atoms with van der Waals surface area (Å²) in [5, 5.41) is 4.69. The third-order valence-corrected chi connectivity index (χ3v) is 6.14. The highest BCUT2D eigenvalue weighted by molar-refractivity contribution is 5.86. The fourth-order valence-corrected chi connectivity index (χ4v) is 4.67. The summed E-state index contributed by atoms with van der Waals surface area (Å²) >= 11 is 0. The summed E-state index contributed by atoms with van der Waals surface area (Å²) in [5.41, 5.74) is 0.870. The number of pyridine rings is 1. The van der Waals surface area contributed by atoms with E-state index in [1.54, 1.807) is 19.1 Å². The Morgan fingerprint density at radius 3 is 2.97 bits per heavy atom. The molecule has 158 valence electrons. The Labute approximate surface area is 172 Å². The number of hydrogen-bond donors (Lipinski definition) is 0. The summed E-state index contributed by atoms with van der Waals surface area (Å²) in [6.45, 7) is 5.03. The molecule has 5 rings (SSSR count). The topological polar surface area (TPSA) is 67.4 Å². The molecule has 0 aromatic carbocycles. The van der Waals surface area contributed by atoms with Gasteiger partial charge >= 0.3 is 0 Å². The van der Waals surface area contributed by atoms with Crippen LogP contribution in [0.15, 0.2) is 28.9 Å². The SMILES string of the molecule is Cc1nn(CC(=O)N2CCN3CCCC3C2)c2nc(-c3ccco3)cc(C(F)F)c12. The van der Waals surface area contributed by atoms with Crippen molar-refractivity contribution < 1.29 is 18.0 Å². The number of rotatable bonds is 4. The van der Waals surface area contributed by atoms with E-state index in [2.05, 4.69) is 15.0 Å². The Morgan fingerprint density at radius 1 is 1.33 bits per heavy atom. The van der Waals surface area contributed by atoms with E-state index in [0.717, 1.165) is 19.5 Å². The standard InChI is InChI=1S/C21H23F2N5O2/c1-13-19-15(20(22)23)10-16(17-5-3-9-30-17)24-21(19)28(25-13)12-18(29)27-8-7-26-6-2-4-14(26)11-27/h3,5,9-10,14,20H,2,4,6-8,11-12H2,1H3. The van der Waals surface area contributed by atoms with Crippen LogP contribution in [0.25, 0.3) is 22.5 Å². The molecule has 30 heavy (non-hydrogen) atoms. The Bertz CT molecular complexity index is 1080. The lowest BCUT2D eigenvalue weighted by atomic mass is 10.1. The van der Waals surface area contributed by atoms with Crippen molar-refractivity contribution in [3.8, 4) is 11.5 Å². The zero-order valence-corrected chi connectivity index (χ0v) is 16.7. The van der Waals surface area contributed by atoms with Crippen molar-refractivity contribution in [3.63, 3.8) is 0 Å². The first-order valence-electron chi connectivity index (χ1n) is 10.2. The molecule has 0 radical (unpaired) electrons. The number of carbonyl (C=O) groups is 1. The molecule has 3 aromatic heterocycles. The van der Waals surface area contributed by atoms with Gasteiger partial charge in [-0.3, -0.25) is 9.69 Å². The molecule has 2 fully saturated rings. The van der Waals surface area contributed by atoms with Crippen LogP contribution >= 0.6 is 0 Å². The van der Waals surface area contributed by atoms with Gasteiger partial charge in [0, 0.05) is 31.2 Å². The molecule has 2 saturated heterocycles. The highest BCUT2D eigenvalue weighted by Gasteiger charge is 2.33. The Hall–Kier alpha value is -2.81. The first-order chi connectivity index (χ1) is 14.5. The molecular weight excluding hydrogens is 392 g/mol. The van der Waals surface area contributed by atoms with Gasteiger partial charge in [-0.15, -0.1) is 0 Å². The van der Waals surface area contributed by atoms with Crippen molar-refractivity contribution in [1.82, 2.24) is 24.6 Å². The number of furan rings is 1. The van der Waals surface area contributed by atoms with Gasteiger partial charge in [-0.25, -0.2) is 18.4 Å². The van der Waals surface area contributed by atoms with Gasteiger partial charge in [-0.1, -0.05) is 0 Å². The van der Waals surface area contributed by atoms with Gasteiger partial charge in [-0.05, 0) is 44.5 Å². The van der Waals surface area contributed by atoms with E-state index in [4.69, 9.17) is 4.42 Å². The fraction of sp³-hybridized carbons (Fsp3) is 0.476. The maximum atomic E-state index is 13.8. The highest BCUT2D eigenvalue weighted by atomic mass is 19.3. The number of fused-ring (bicyclic) bond motifs is 2. The third kappa shape index (κ3) is 3.27. The van der Waals surface area contributed by atoms with E-state index >= 15 is 0 Å². The van der Waals surface area contributed by atoms with Gasteiger partial charge in [0.2, 0.25) is 5.91 Å². The first kappa shape index (κ1) is 19.2.